The predicted molar refractivity (Wildman–Crippen MR) is 105 cm³/mol. The van der Waals surface area contributed by atoms with Crippen LogP contribution in [0, 0.1) is 0 Å². The highest BCUT2D eigenvalue weighted by Gasteiger charge is 2.34. The molecule has 1 unspecified atom stereocenters. The van der Waals surface area contributed by atoms with Crippen molar-refractivity contribution in [2.24, 2.45) is 0 Å². The number of aldehydes is 1. The van der Waals surface area contributed by atoms with E-state index in [0.717, 1.165) is 17.4 Å². The third-order valence-electron chi connectivity index (χ3n) is 4.54. The van der Waals surface area contributed by atoms with E-state index >= 15 is 0 Å². The van der Waals surface area contributed by atoms with Gasteiger partial charge in [0.05, 0.1) is 36.3 Å². The van der Waals surface area contributed by atoms with Gasteiger partial charge in [-0.15, -0.1) is 0 Å². The maximum absolute atomic E-state index is 12.7. The van der Waals surface area contributed by atoms with Gasteiger partial charge in [0.1, 0.15) is 6.29 Å². The molecule has 0 radical (unpaired) electrons. The van der Waals surface area contributed by atoms with Gasteiger partial charge in [0.2, 0.25) is 5.91 Å². The first-order valence-electron chi connectivity index (χ1n) is 9.20. The molecule has 0 saturated heterocycles. The number of hydrogen-bond donors (Lipinski definition) is 0. The van der Waals surface area contributed by atoms with Crippen molar-refractivity contribution in [2.45, 2.75) is 46.4 Å². The maximum atomic E-state index is 12.7. The van der Waals surface area contributed by atoms with Gasteiger partial charge in [-0.3, -0.25) is 14.4 Å². The molecule has 1 aromatic heterocycles. The topological polar surface area (TPSA) is 84.7 Å². The number of rotatable bonds is 4. The minimum atomic E-state index is -0.444. The van der Waals surface area contributed by atoms with Crippen LogP contribution < -0.4 is 9.80 Å². The minimum absolute atomic E-state index is 0.0859. The quantitative estimate of drug-likeness (QED) is 0.757. The van der Waals surface area contributed by atoms with E-state index in [9.17, 15) is 14.4 Å². The number of anilines is 2. The van der Waals surface area contributed by atoms with Crippen molar-refractivity contribution in [2.75, 3.05) is 16.3 Å². The Morgan fingerprint density at radius 3 is 2.68 bits per heavy atom. The van der Waals surface area contributed by atoms with Crippen molar-refractivity contribution in [3.8, 4) is 11.1 Å². The first kappa shape index (κ1) is 19.6. The summed E-state index contributed by atoms with van der Waals surface area (Å²) in [7, 11) is 0. The molecule has 0 N–H and O–H groups in total. The fourth-order valence-corrected chi connectivity index (χ4v) is 3.41. The normalized spacial score (nSPS) is 16.1. The summed E-state index contributed by atoms with van der Waals surface area (Å²) in [6.07, 6.45) is 3.51. The van der Waals surface area contributed by atoms with Gasteiger partial charge in [-0.05, 0) is 38.5 Å². The van der Waals surface area contributed by atoms with Crippen LogP contribution in [0.2, 0.25) is 0 Å². The molecule has 2 aromatic rings. The third-order valence-corrected chi connectivity index (χ3v) is 4.54. The summed E-state index contributed by atoms with van der Waals surface area (Å²) >= 11 is 0. The van der Waals surface area contributed by atoms with Crippen LogP contribution in [-0.2, 0) is 20.9 Å². The number of carbonyl (C=O) groups is 3. The molecular weight excluding hydrogens is 360 g/mol. The zero-order valence-electron chi connectivity index (χ0n) is 16.5. The molecule has 0 saturated carbocycles. The fourth-order valence-electron chi connectivity index (χ4n) is 3.41. The summed E-state index contributed by atoms with van der Waals surface area (Å²) in [6, 6.07) is 5.38. The summed E-state index contributed by atoms with van der Waals surface area (Å²) in [5.41, 5.74) is 2.92. The summed E-state index contributed by atoms with van der Waals surface area (Å²) in [5.74, 6) is -0.0859. The number of nitrogens with zero attached hydrogens (tertiary/aromatic N) is 4. The fraction of sp³-hybridized carbons (Fsp3) is 0.400. The van der Waals surface area contributed by atoms with Crippen LogP contribution in [0.3, 0.4) is 0 Å². The zero-order valence-corrected chi connectivity index (χ0v) is 16.5. The van der Waals surface area contributed by atoms with Crippen LogP contribution in [0.1, 0.15) is 27.7 Å². The molecule has 1 aliphatic heterocycles. The molecule has 2 heterocycles. The number of hydrogen-bond acceptors (Lipinski definition) is 5. The van der Waals surface area contributed by atoms with Crippen LogP contribution in [0.4, 0.5) is 16.2 Å². The van der Waals surface area contributed by atoms with E-state index < -0.39 is 6.09 Å². The molecule has 8 heteroatoms. The highest BCUT2D eigenvalue weighted by Crippen LogP contribution is 2.39. The molecule has 0 bridgehead atoms. The smallest absolute Gasteiger partial charge is 0.414 e. The standard InChI is InChI=1S/C20H24N4O4/c1-13(2)28-20(27)23-11-14(3)24(15(4)26)18-6-5-16(9-19(18)23)17-10-21-22(12-17)7-8-25/h5-6,8-10,12-14H,7,11H2,1-4H3. The number of carbonyl (C=O) groups excluding carboxylic acids is 3. The molecule has 2 amide bonds. The molecule has 8 nitrogen and oxygen atoms in total. The second-order valence-corrected chi connectivity index (χ2v) is 7.10. The van der Waals surface area contributed by atoms with E-state index in [1.165, 1.54) is 11.6 Å². The lowest BCUT2D eigenvalue weighted by Crippen LogP contribution is -2.51. The van der Waals surface area contributed by atoms with Gasteiger partial charge < -0.3 is 14.4 Å². The van der Waals surface area contributed by atoms with Gasteiger partial charge in [-0.2, -0.15) is 5.10 Å². The average Bonchev–Trinajstić information content (AvgIpc) is 3.08. The molecular formula is C20H24N4O4. The van der Waals surface area contributed by atoms with Crippen molar-refractivity contribution in [3.63, 3.8) is 0 Å². The Bertz CT molecular complexity index is 905. The van der Waals surface area contributed by atoms with Crippen molar-refractivity contribution in [3.05, 3.63) is 30.6 Å². The van der Waals surface area contributed by atoms with Crippen molar-refractivity contribution in [1.29, 1.82) is 0 Å². The monoisotopic (exact) mass is 384 g/mol. The lowest BCUT2D eigenvalue weighted by molar-refractivity contribution is -0.117. The minimum Gasteiger partial charge on any atom is -0.446 e. The summed E-state index contributed by atoms with van der Waals surface area (Å²) in [6.45, 7) is 7.52. The number of amides is 2. The van der Waals surface area contributed by atoms with Crippen LogP contribution in [0.15, 0.2) is 30.6 Å². The van der Waals surface area contributed by atoms with Crippen LogP contribution in [0.25, 0.3) is 11.1 Å². The SMILES string of the molecule is CC(=O)N1c2ccc(-c3cnn(CC=O)c3)cc2N(C(=O)OC(C)C)CC1C. The number of ether oxygens (including phenoxy) is 1. The molecule has 1 atom stereocenters. The average molecular weight is 384 g/mol. The van der Waals surface area contributed by atoms with Crippen molar-refractivity contribution in [1.82, 2.24) is 9.78 Å². The van der Waals surface area contributed by atoms with Crippen LogP contribution in [-0.4, -0.2) is 46.8 Å². The molecule has 0 fully saturated rings. The highest BCUT2D eigenvalue weighted by molar-refractivity contribution is 6.03. The predicted octanol–water partition coefficient (Wildman–Crippen LogP) is 2.86. The van der Waals surface area contributed by atoms with E-state index in [4.69, 9.17) is 4.74 Å². The maximum Gasteiger partial charge on any atom is 0.414 e. The Morgan fingerprint density at radius 1 is 1.29 bits per heavy atom. The van der Waals surface area contributed by atoms with Crippen molar-refractivity contribution < 1.29 is 19.1 Å². The van der Waals surface area contributed by atoms with E-state index in [2.05, 4.69) is 5.10 Å². The number of benzene rings is 1. The highest BCUT2D eigenvalue weighted by atomic mass is 16.6. The zero-order chi connectivity index (χ0) is 20.4. The van der Waals surface area contributed by atoms with Gasteiger partial charge in [0, 0.05) is 25.2 Å². The molecule has 3 rings (SSSR count). The van der Waals surface area contributed by atoms with E-state index in [0.29, 0.717) is 17.9 Å². The second kappa shape index (κ2) is 7.84. The van der Waals surface area contributed by atoms with Gasteiger partial charge in [-0.1, -0.05) is 6.07 Å². The summed E-state index contributed by atoms with van der Waals surface area (Å²) < 4.78 is 6.94. The summed E-state index contributed by atoms with van der Waals surface area (Å²) in [5, 5.41) is 4.16. The first-order chi connectivity index (χ1) is 13.3. The molecule has 1 aromatic carbocycles. The van der Waals surface area contributed by atoms with E-state index in [1.54, 1.807) is 36.0 Å². The Balaban J connectivity index is 2.06. The van der Waals surface area contributed by atoms with Gasteiger partial charge in [0.15, 0.2) is 0 Å². The molecule has 28 heavy (non-hydrogen) atoms. The molecule has 148 valence electrons. The third kappa shape index (κ3) is 3.76. The molecule has 1 aliphatic rings. The Morgan fingerprint density at radius 2 is 2.04 bits per heavy atom. The molecule has 0 aliphatic carbocycles. The van der Waals surface area contributed by atoms with Crippen molar-refractivity contribution >= 4 is 29.7 Å². The van der Waals surface area contributed by atoms with Gasteiger partial charge >= 0.3 is 6.09 Å². The Labute approximate surface area is 163 Å². The lowest BCUT2D eigenvalue weighted by Gasteiger charge is -2.40. The number of aromatic nitrogens is 2. The van der Waals surface area contributed by atoms with Gasteiger partial charge in [0.25, 0.3) is 0 Å². The van der Waals surface area contributed by atoms with Crippen LogP contribution >= 0.6 is 0 Å². The summed E-state index contributed by atoms with van der Waals surface area (Å²) in [4.78, 5) is 38.8. The molecule has 0 spiro atoms. The van der Waals surface area contributed by atoms with Gasteiger partial charge in [-0.25, -0.2) is 4.79 Å². The van der Waals surface area contributed by atoms with E-state index in [-0.39, 0.29) is 24.6 Å². The first-order valence-corrected chi connectivity index (χ1v) is 9.20. The Kier molecular flexibility index (Phi) is 5.48. The van der Waals surface area contributed by atoms with E-state index in [1.807, 2.05) is 25.1 Å². The number of fused-ring (bicyclic) bond motifs is 1. The second-order valence-electron chi connectivity index (χ2n) is 7.10. The largest absolute Gasteiger partial charge is 0.446 e. The van der Waals surface area contributed by atoms with Crippen LogP contribution in [0.5, 0.6) is 0 Å². The Hall–Kier alpha value is -3.16. The lowest BCUT2D eigenvalue weighted by atomic mass is 10.0.